The summed E-state index contributed by atoms with van der Waals surface area (Å²) >= 11 is 0. The molecule has 38 heavy (non-hydrogen) atoms. The summed E-state index contributed by atoms with van der Waals surface area (Å²) in [5.41, 5.74) is 5.21. The van der Waals surface area contributed by atoms with Crippen molar-refractivity contribution < 1.29 is 28.8 Å². The second kappa shape index (κ2) is 11.6. The van der Waals surface area contributed by atoms with Gasteiger partial charge in [-0.05, 0) is 60.7 Å². The lowest BCUT2D eigenvalue weighted by molar-refractivity contribution is -0.137. The largest absolute Gasteiger partial charge is 0.496 e. The zero-order chi connectivity index (χ0) is 26.5. The molecule has 196 valence electrons. The van der Waals surface area contributed by atoms with E-state index in [1.807, 2.05) is 48.7 Å². The van der Waals surface area contributed by atoms with Crippen LogP contribution in [-0.2, 0) is 16.0 Å². The van der Waals surface area contributed by atoms with Gasteiger partial charge in [-0.25, -0.2) is 4.98 Å². The Bertz CT molecular complexity index is 1330. The fraction of sp³-hybridized carbons (Fsp3) is 0.355. The number of aromatic nitrogens is 1. The monoisotopic (exact) mass is 513 g/mol. The van der Waals surface area contributed by atoms with Gasteiger partial charge in [-0.1, -0.05) is 24.1 Å². The molecule has 5 rings (SSSR count). The van der Waals surface area contributed by atoms with Crippen LogP contribution in [0.5, 0.6) is 17.4 Å². The maximum Gasteiger partial charge on any atom is 0.304 e. The minimum Gasteiger partial charge on any atom is -0.496 e. The zero-order valence-electron chi connectivity index (χ0n) is 21.6. The molecule has 0 spiro atoms. The van der Waals surface area contributed by atoms with Gasteiger partial charge in [0.25, 0.3) is 0 Å². The van der Waals surface area contributed by atoms with Gasteiger partial charge < -0.3 is 24.1 Å². The number of nitrogens with zero attached hydrogens (tertiary/aromatic N) is 1. The Balaban J connectivity index is 1.35. The van der Waals surface area contributed by atoms with Crippen molar-refractivity contribution in [3.63, 3.8) is 0 Å². The highest BCUT2D eigenvalue weighted by Crippen LogP contribution is 2.44. The van der Waals surface area contributed by atoms with Crippen LogP contribution in [0.3, 0.4) is 0 Å². The average Bonchev–Trinajstić information content (AvgIpc) is 3.59. The van der Waals surface area contributed by atoms with Gasteiger partial charge in [-0.15, -0.1) is 5.92 Å². The second-order valence-electron chi connectivity index (χ2n) is 9.46. The van der Waals surface area contributed by atoms with E-state index in [0.717, 1.165) is 59.6 Å². The van der Waals surface area contributed by atoms with Crippen LogP contribution in [0, 0.1) is 11.8 Å². The Labute approximate surface area is 222 Å². The van der Waals surface area contributed by atoms with Gasteiger partial charge in [0, 0.05) is 29.8 Å². The van der Waals surface area contributed by atoms with E-state index in [1.165, 1.54) is 5.56 Å². The molecule has 0 amide bonds. The first-order chi connectivity index (χ1) is 18.6. The number of benzene rings is 2. The van der Waals surface area contributed by atoms with Crippen molar-refractivity contribution in [2.24, 2.45) is 0 Å². The van der Waals surface area contributed by atoms with Crippen LogP contribution in [0.25, 0.3) is 11.1 Å². The number of carboxylic acids is 1. The third kappa shape index (κ3) is 5.61. The number of rotatable bonds is 9. The van der Waals surface area contributed by atoms with Crippen LogP contribution in [0.4, 0.5) is 0 Å². The molecule has 0 saturated carbocycles. The number of carboxylic acid groups (broad SMARTS) is 1. The number of pyridine rings is 1. The number of hydrogen-bond donors (Lipinski definition) is 1. The van der Waals surface area contributed by atoms with Crippen molar-refractivity contribution >= 4 is 5.97 Å². The van der Waals surface area contributed by atoms with Gasteiger partial charge in [0.05, 0.1) is 32.7 Å². The first kappa shape index (κ1) is 25.6. The Morgan fingerprint density at radius 2 is 1.97 bits per heavy atom. The van der Waals surface area contributed by atoms with Gasteiger partial charge in [0.2, 0.25) is 5.88 Å². The quantitative estimate of drug-likeness (QED) is 0.374. The van der Waals surface area contributed by atoms with Crippen LogP contribution in [-0.4, -0.2) is 42.5 Å². The molecule has 0 bridgehead atoms. The summed E-state index contributed by atoms with van der Waals surface area (Å²) in [7, 11) is 1.68. The Morgan fingerprint density at radius 1 is 1.13 bits per heavy atom. The molecule has 7 nitrogen and oxygen atoms in total. The van der Waals surface area contributed by atoms with Gasteiger partial charge in [-0.3, -0.25) is 4.79 Å². The summed E-state index contributed by atoms with van der Waals surface area (Å²) < 4.78 is 23.4. The first-order valence-corrected chi connectivity index (χ1v) is 12.9. The van der Waals surface area contributed by atoms with E-state index in [2.05, 4.69) is 22.9 Å². The van der Waals surface area contributed by atoms with E-state index >= 15 is 0 Å². The molecule has 3 aromatic rings. The molecular formula is C31H31NO6. The summed E-state index contributed by atoms with van der Waals surface area (Å²) in [5, 5.41) is 9.21. The number of methoxy groups -OCH3 is 1. The molecule has 1 aromatic heterocycles. The van der Waals surface area contributed by atoms with Crippen LogP contribution in [0.2, 0.25) is 0 Å². The SMILES string of the molecule is CC#CC(CC(=O)O)c1ccc(O[C@@H]2CCc3c2ccc(OC)c3-c2ccc(O[C@@H]3CCOC3)nc2)cc1. The minimum atomic E-state index is -0.868. The molecule has 0 radical (unpaired) electrons. The molecule has 2 heterocycles. The molecular weight excluding hydrogens is 482 g/mol. The van der Waals surface area contributed by atoms with Crippen molar-refractivity contribution in [2.75, 3.05) is 20.3 Å². The summed E-state index contributed by atoms with van der Waals surface area (Å²) in [6.07, 6.45) is 4.35. The van der Waals surface area contributed by atoms with Crippen molar-refractivity contribution in [1.82, 2.24) is 4.98 Å². The number of ether oxygens (including phenoxy) is 4. The molecule has 2 aromatic carbocycles. The molecule has 7 heteroatoms. The molecule has 1 fully saturated rings. The van der Waals surface area contributed by atoms with E-state index in [9.17, 15) is 9.90 Å². The van der Waals surface area contributed by atoms with Crippen molar-refractivity contribution in [3.05, 3.63) is 71.4 Å². The van der Waals surface area contributed by atoms with E-state index in [1.54, 1.807) is 14.0 Å². The maximum atomic E-state index is 11.2. The number of hydrogen-bond acceptors (Lipinski definition) is 6. The molecule has 1 aliphatic carbocycles. The zero-order valence-corrected chi connectivity index (χ0v) is 21.6. The Kier molecular flexibility index (Phi) is 7.81. The first-order valence-electron chi connectivity index (χ1n) is 12.9. The minimum absolute atomic E-state index is 0.0292. The van der Waals surface area contributed by atoms with Crippen LogP contribution >= 0.6 is 0 Å². The van der Waals surface area contributed by atoms with E-state index in [0.29, 0.717) is 12.5 Å². The fourth-order valence-corrected chi connectivity index (χ4v) is 5.17. The second-order valence-corrected chi connectivity index (χ2v) is 9.46. The van der Waals surface area contributed by atoms with Gasteiger partial charge in [0.1, 0.15) is 23.7 Å². The predicted octanol–water partition coefficient (Wildman–Crippen LogP) is 5.57. The fourth-order valence-electron chi connectivity index (χ4n) is 5.17. The standard InChI is InChI=1S/C31H31NO6/c1-3-4-21(17-30(33)34)20-5-8-23(9-6-20)37-27-12-11-26-25(27)10-13-28(35-2)31(26)22-7-14-29(32-18-22)38-24-15-16-36-19-24/h5-10,13-14,18,21,24,27H,11-12,15-17,19H2,1-2H3,(H,33,34)/t21?,24-,27-/m1/s1. The number of carbonyl (C=O) groups is 1. The third-order valence-electron chi connectivity index (χ3n) is 6.99. The van der Waals surface area contributed by atoms with Crippen LogP contribution in [0.1, 0.15) is 54.9 Å². The topological polar surface area (TPSA) is 87.1 Å². The molecule has 1 unspecified atom stereocenters. The summed E-state index contributed by atoms with van der Waals surface area (Å²) in [6, 6.07) is 15.6. The number of aliphatic carboxylic acids is 1. The summed E-state index contributed by atoms with van der Waals surface area (Å²) in [4.78, 5) is 15.8. The molecule has 3 atom stereocenters. The van der Waals surface area contributed by atoms with E-state index in [-0.39, 0.29) is 24.5 Å². The average molecular weight is 514 g/mol. The lowest BCUT2D eigenvalue weighted by Crippen LogP contribution is -2.16. The van der Waals surface area contributed by atoms with Gasteiger partial charge in [-0.2, -0.15) is 0 Å². The van der Waals surface area contributed by atoms with Gasteiger partial charge >= 0.3 is 5.97 Å². The smallest absolute Gasteiger partial charge is 0.304 e. The van der Waals surface area contributed by atoms with Gasteiger partial charge in [0.15, 0.2) is 0 Å². The Morgan fingerprint density at radius 3 is 2.63 bits per heavy atom. The normalized spacial score (nSPS) is 18.7. The highest BCUT2D eigenvalue weighted by atomic mass is 16.5. The highest BCUT2D eigenvalue weighted by Gasteiger charge is 2.29. The Hall–Kier alpha value is -4.02. The third-order valence-corrected chi connectivity index (χ3v) is 6.99. The number of fused-ring (bicyclic) bond motifs is 1. The predicted molar refractivity (Wildman–Crippen MR) is 143 cm³/mol. The van der Waals surface area contributed by atoms with E-state index in [4.69, 9.17) is 18.9 Å². The van der Waals surface area contributed by atoms with Crippen molar-refractivity contribution in [1.29, 1.82) is 0 Å². The van der Waals surface area contributed by atoms with Crippen molar-refractivity contribution in [2.45, 2.75) is 50.7 Å². The molecule has 2 aliphatic rings. The van der Waals surface area contributed by atoms with E-state index < -0.39 is 5.97 Å². The maximum absolute atomic E-state index is 11.2. The molecule has 1 N–H and O–H groups in total. The summed E-state index contributed by atoms with van der Waals surface area (Å²) in [6.45, 7) is 3.04. The van der Waals surface area contributed by atoms with Crippen LogP contribution in [0.15, 0.2) is 54.7 Å². The molecule has 1 saturated heterocycles. The summed E-state index contributed by atoms with van der Waals surface area (Å²) in [5.74, 6) is 6.74. The lowest BCUT2D eigenvalue weighted by atomic mass is 9.96. The van der Waals surface area contributed by atoms with Crippen LogP contribution < -0.4 is 14.2 Å². The highest BCUT2D eigenvalue weighted by molar-refractivity contribution is 5.76. The lowest BCUT2D eigenvalue weighted by Gasteiger charge is -2.18. The molecule has 1 aliphatic heterocycles. The van der Waals surface area contributed by atoms with Crippen molar-refractivity contribution in [3.8, 4) is 40.3 Å².